The van der Waals surface area contributed by atoms with Crippen LogP contribution in [0.3, 0.4) is 0 Å². The molecule has 66 heavy (non-hydrogen) atoms. The summed E-state index contributed by atoms with van der Waals surface area (Å²) in [5.41, 5.74) is 26.5. The molecule has 7 aromatic carbocycles. The molecule has 0 N–H and O–H groups in total. The Kier molecular flexibility index (Phi) is 7.52. The second-order valence-corrected chi connectivity index (χ2v) is 24.2. The largest absolute Gasteiger partial charge is 0.466 e. The minimum atomic E-state index is -0.267. The van der Waals surface area contributed by atoms with Crippen LogP contribution in [0.1, 0.15) is 129 Å². The topological polar surface area (TPSA) is 21.3 Å². The number of benzene rings is 7. The molecule has 2 aliphatic heterocycles. The highest BCUT2D eigenvalue weighted by Gasteiger charge is 2.52. The number of aromatic nitrogens is 1. The van der Waals surface area contributed by atoms with Crippen molar-refractivity contribution in [1.29, 1.82) is 0 Å². The van der Waals surface area contributed by atoms with Crippen molar-refractivity contribution in [2.24, 2.45) is 0 Å². The van der Waals surface area contributed by atoms with Crippen molar-refractivity contribution in [2.45, 2.75) is 117 Å². The molecule has 0 bridgehead atoms. The van der Waals surface area contributed by atoms with Crippen molar-refractivity contribution in [1.82, 2.24) is 4.57 Å². The summed E-state index contributed by atoms with van der Waals surface area (Å²) in [6, 6.07) is 47.4. The third-order valence-electron chi connectivity index (χ3n) is 16.4. The molecule has 0 fully saturated rings. The van der Waals surface area contributed by atoms with E-state index in [1.54, 1.807) is 0 Å². The molecule has 13 rings (SSSR count). The Labute approximate surface area is 390 Å². The molecule has 0 spiro atoms. The van der Waals surface area contributed by atoms with E-state index in [9.17, 15) is 0 Å². The molecule has 2 aromatic heterocycles. The first kappa shape index (κ1) is 40.1. The zero-order valence-electron chi connectivity index (χ0n) is 40.9. The first-order valence-electron chi connectivity index (χ1n) is 24.2. The number of furan rings is 1. The van der Waals surface area contributed by atoms with Gasteiger partial charge in [-0.25, -0.2) is 0 Å². The molecule has 2 aliphatic carbocycles. The molecule has 0 radical (unpaired) electrons. The maximum absolute atomic E-state index is 7.53. The lowest BCUT2D eigenvalue weighted by Crippen LogP contribution is -2.60. The molecule has 326 valence electrons. The molecule has 4 aliphatic rings. The van der Waals surface area contributed by atoms with Crippen LogP contribution in [0.25, 0.3) is 71.8 Å². The summed E-state index contributed by atoms with van der Waals surface area (Å²) in [5, 5.41) is 3.87. The summed E-state index contributed by atoms with van der Waals surface area (Å²) in [6.07, 6.45) is 0. The molecule has 9 aromatic rings. The van der Waals surface area contributed by atoms with Gasteiger partial charge in [-0.3, -0.25) is 0 Å². The zero-order chi connectivity index (χ0) is 45.9. The van der Waals surface area contributed by atoms with Gasteiger partial charge in [0.2, 0.25) is 0 Å². The van der Waals surface area contributed by atoms with Crippen LogP contribution in [-0.2, 0) is 27.1 Å². The number of rotatable bonds is 1. The molecule has 4 heteroatoms. The Morgan fingerprint density at radius 1 is 0.515 bits per heavy atom. The minimum Gasteiger partial charge on any atom is -0.466 e. The number of fused-ring (bicyclic) bond motifs is 18. The zero-order valence-corrected chi connectivity index (χ0v) is 40.9. The minimum absolute atomic E-state index is 0.0167. The Morgan fingerprint density at radius 2 is 1.11 bits per heavy atom. The van der Waals surface area contributed by atoms with Crippen LogP contribution in [0.4, 0.5) is 11.4 Å². The lowest BCUT2D eigenvalue weighted by Gasteiger charge is -2.42. The molecule has 0 unspecified atom stereocenters. The van der Waals surface area contributed by atoms with E-state index in [2.05, 4.69) is 221 Å². The van der Waals surface area contributed by atoms with Crippen molar-refractivity contribution in [3.05, 3.63) is 160 Å². The van der Waals surface area contributed by atoms with E-state index in [4.69, 9.17) is 4.42 Å². The van der Waals surface area contributed by atoms with Crippen LogP contribution in [0, 0.1) is 0 Å². The first-order valence-corrected chi connectivity index (χ1v) is 24.2. The molecule has 0 amide bonds. The fourth-order valence-electron chi connectivity index (χ4n) is 12.9. The normalized spacial score (nSPS) is 16.1. The van der Waals surface area contributed by atoms with Gasteiger partial charge < -0.3 is 13.8 Å². The van der Waals surface area contributed by atoms with E-state index >= 15 is 0 Å². The Morgan fingerprint density at radius 3 is 1.77 bits per heavy atom. The van der Waals surface area contributed by atoms with E-state index in [1.165, 1.54) is 122 Å². The maximum Gasteiger partial charge on any atom is 0.375 e. The summed E-state index contributed by atoms with van der Waals surface area (Å²) >= 11 is 0. The van der Waals surface area contributed by atoms with Crippen LogP contribution in [0.5, 0.6) is 0 Å². The van der Waals surface area contributed by atoms with E-state index in [0.717, 1.165) is 11.2 Å². The maximum atomic E-state index is 7.53. The van der Waals surface area contributed by atoms with Crippen molar-refractivity contribution in [3.8, 4) is 39.1 Å². The van der Waals surface area contributed by atoms with Crippen molar-refractivity contribution in [3.63, 3.8) is 0 Å². The van der Waals surface area contributed by atoms with E-state index < -0.39 is 0 Å². The van der Waals surface area contributed by atoms with Gasteiger partial charge in [0.15, 0.2) is 0 Å². The molecule has 0 saturated carbocycles. The summed E-state index contributed by atoms with van der Waals surface area (Å²) in [7, 11) is 0. The van der Waals surface area contributed by atoms with Crippen LogP contribution >= 0.6 is 0 Å². The molecular formula is C62H59BN2O. The van der Waals surface area contributed by atoms with Gasteiger partial charge in [-0.05, 0) is 137 Å². The lowest BCUT2D eigenvalue weighted by atomic mass is 9.45. The van der Waals surface area contributed by atoms with Crippen LogP contribution in [0.2, 0.25) is 0 Å². The van der Waals surface area contributed by atoms with Crippen LogP contribution < -0.4 is 15.9 Å². The van der Waals surface area contributed by atoms with Gasteiger partial charge in [-0.1, -0.05) is 163 Å². The second-order valence-electron chi connectivity index (χ2n) is 24.2. The lowest BCUT2D eigenvalue weighted by molar-refractivity contribution is 0.590. The molecule has 0 saturated heterocycles. The summed E-state index contributed by atoms with van der Waals surface area (Å²) < 4.78 is 10.2. The van der Waals surface area contributed by atoms with Crippen molar-refractivity contribution < 1.29 is 4.42 Å². The Hall–Kier alpha value is -6.26. The van der Waals surface area contributed by atoms with Gasteiger partial charge in [0.1, 0.15) is 11.2 Å². The van der Waals surface area contributed by atoms with E-state index in [0.29, 0.717) is 0 Å². The van der Waals surface area contributed by atoms with Crippen molar-refractivity contribution >= 4 is 62.1 Å². The van der Waals surface area contributed by atoms with Gasteiger partial charge in [0, 0.05) is 43.9 Å². The monoisotopic (exact) mass is 858 g/mol. The standard InChI is InChI=1S/C62H59BN2O/c1-58(2,3)34-22-26-37(27-23-34)65-48-33-46-40(38-18-14-16-20-44(38)61(46,10)11)32-42(48)51-50-39-19-15-17-21-45(39)62(12,13)53(50)52-41-30-35(59(4,5)6)24-28-47(41)64-55-43-31-36(60(7,8)9)25-29-49(43)66-57(55)63(65)54(51)56(52)64/h14-33H,1-13H3. The predicted octanol–water partition coefficient (Wildman–Crippen LogP) is 15.3. The number of hydrogen-bond donors (Lipinski definition) is 0. The van der Waals surface area contributed by atoms with Gasteiger partial charge in [-0.2, -0.15) is 0 Å². The van der Waals surface area contributed by atoms with Crippen LogP contribution in [-0.4, -0.2) is 11.4 Å². The predicted molar refractivity (Wildman–Crippen MR) is 281 cm³/mol. The third kappa shape index (κ3) is 4.95. The first-order chi connectivity index (χ1) is 31.2. The SMILES string of the molecule is CC(C)(C)c1ccc(N2B3c4oc5ccc(C(C)(C)C)cc5c4-n4c5ccc(C(C)(C)C)cc5c5c6c(c(c3c54)-c3cc4c(cc32)C(C)(C)c2ccccc2-4)-c2ccccc2C6(C)C)cc1. The van der Waals surface area contributed by atoms with E-state index in [-0.39, 0.29) is 33.9 Å². The van der Waals surface area contributed by atoms with Crippen molar-refractivity contribution in [2.75, 3.05) is 4.81 Å². The summed E-state index contributed by atoms with van der Waals surface area (Å²) in [5.74, 6) is 0. The van der Waals surface area contributed by atoms with E-state index in [1.807, 2.05) is 0 Å². The number of anilines is 2. The quantitative estimate of drug-likeness (QED) is 0.153. The molecule has 0 atom stereocenters. The van der Waals surface area contributed by atoms with Gasteiger partial charge >= 0.3 is 6.85 Å². The number of nitrogens with zero attached hydrogens (tertiary/aromatic N) is 2. The highest BCUT2D eigenvalue weighted by Crippen LogP contribution is 2.61. The highest BCUT2D eigenvalue weighted by atomic mass is 16.3. The average molecular weight is 859 g/mol. The van der Waals surface area contributed by atoms with Crippen LogP contribution in [0.15, 0.2) is 126 Å². The summed E-state index contributed by atoms with van der Waals surface area (Å²) in [6.45, 7) is 30.5. The fourth-order valence-corrected chi connectivity index (χ4v) is 12.9. The molecular weight excluding hydrogens is 800 g/mol. The van der Waals surface area contributed by atoms with Gasteiger partial charge in [-0.15, -0.1) is 0 Å². The van der Waals surface area contributed by atoms with Gasteiger partial charge in [0.25, 0.3) is 0 Å². The smallest absolute Gasteiger partial charge is 0.375 e. The Bertz CT molecular complexity index is 3640. The highest BCUT2D eigenvalue weighted by molar-refractivity contribution is 6.93. The third-order valence-corrected chi connectivity index (χ3v) is 16.4. The Balaban J connectivity index is 1.29. The molecule has 4 heterocycles. The summed E-state index contributed by atoms with van der Waals surface area (Å²) in [4.78, 5) is 2.68. The average Bonchev–Trinajstić information content (AvgIpc) is 3.95. The van der Waals surface area contributed by atoms with Gasteiger partial charge in [0.05, 0.1) is 16.7 Å². The molecule has 3 nitrogen and oxygen atoms in total. The second kappa shape index (κ2) is 12.4. The number of hydrogen-bond acceptors (Lipinski definition) is 2. The fraction of sp³-hybridized carbons (Fsp3) is 0.290.